The second kappa shape index (κ2) is 8.65. The maximum absolute atomic E-state index is 12.2. The fourth-order valence-electron chi connectivity index (χ4n) is 3.66. The number of aliphatic hydroxyl groups excluding tert-OH is 1. The topological polar surface area (TPSA) is 80.7 Å². The summed E-state index contributed by atoms with van der Waals surface area (Å²) in [7, 11) is -2.51. The molecule has 0 aliphatic carbocycles. The van der Waals surface area contributed by atoms with Crippen molar-refractivity contribution in [1.82, 2.24) is 0 Å². The molecule has 30 heavy (non-hydrogen) atoms. The van der Waals surface area contributed by atoms with E-state index in [0.29, 0.717) is 17.1 Å². The molecule has 0 aromatic heterocycles. The fourth-order valence-corrected chi connectivity index (χ4v) is 4.17. The van der Waals surface area contributed by atoms with Gasteiger partial charge in [0.05, 0.1) is 18.3 Å². The van der Waals surface area contributed by atoms with Gasteiger partial charge in [0.15, 0.2) is 0 Å². The molecule has 152 valence electrons. The zero-order valence-corrected chi connectivity index (χ0v) is 16.9. The summed E-state index contributed by atoms with van der Waals surface area (Å²) in [6.45, 7) is -0.0634. The van der Waals surface area contributed by atoms with Crippen molar-refractivity contribution in [2.75, 3.05) is 0 Å². The zero-order valence-electron chi connectivity index (χ0n) is 16.0. The molecule has 0 saturated heterocycles. The van der Waals surface area contributed by atoms with Crippen molar-refractivity contribution < 1.29 is 23.1 Å². The van der Waals surface area contributed by atoms with E-state index in [2.05, 4.69) is 0 Å². The van der Waals surface area contributed by atoms with Gasteiger partial charge in [-0.05, 0) is 22.8 Å². The van der Waals surface area contributed by atoms with Gasteiger partial charge in [-0.25, -0.2) is 8.42 Å². The number of thiol groups is 1. The number of para-hydroxylation sites is 1. The molecule has 0 saturated carbocycles. The molecule has 1 heterocycles. The number of carbonyl (C=O) groups excluding carboxylic acids is 1. The Morgan fingerprint density at radius 1 is 0.867 bits per heavy atom. The summed E-state index contributed by atoms with van der Waals surface area (Å²) >= 11 is 0. The van der Waals surface area contributed by atoms with E-state index in [-0.39, 0.29) is 12.4 Å². The third-order valence-electron chi connectivity index (χ3n) is 5.13. The molecule has 0 radical (unpaired) electrons. The highest BCUT2D eigenvalue weighted by atomic mass is 32.2. The monoisotopic (exact) mass is 420 g/mol. The number of hydrogen-bond donors (Lipinski definition) is 2. The lowest BCUT2D eigenvalue weighted by Crippen LogP contribution is -2.15. The average molecular weight is 420 g/mol. The predicted molar refractivity (Wildman–Crippen MR) is 116 cm³/mol. The number of allylic oxidation sites excluding steroid dienone is 1. The van der Waals surface area contributed by atoms with Crippen molar-refractivity contribution in [1.29, 1.82) is 0 Å². The Kier molecular flexibility index (Phi) is 5.79. The van der Waals surface area contributed by atoms with Crippen LogP contribution in [0.4, 0.5) is 0 Å². The lowest BCUT2D eigenvalue weighted by atomic mass is 9.83. The number of fused-ring (bicyclic) bond motifs is 1. The first kappa shape index (κ1) is 20.1. The number of benzene rings is 3. The second-order valence-electron chi connectivity index (χ2n) is 7.04. The van der Waals surface area contributed by atoms with Crippen LogP contribution in [0.15, 0.2) is 72.8 Å². The molecule has 0 bridgehead atoms. The van der Waals surface area contributed by atoms with E-state index < -0.39 is 16.6 Å². The molecule has 0 spiro atoms. The number of hydrogen-bond acceptors (Lipinski definition) is 5. The minimum atomic E-state index is -2.51. The van der Waals surface area contributed by atoms with Gasteiger partial charge >= 0.3 is 0 Å². The number of aldehydes is 1. The molecule has 4 rings (SSSR count). The molecule has 0 amide bonds. The van der Waals surface area contributed by atoms with Gasteiger partial charge in [-0.15, -0.1) is 0 Å². The maximum atomic E-state index is 12.2. The minimum absolute atomic E-state index is 0.0230. The Bertz CT molecular complexity index is 1170. The van der Waals surface area contributed by atoms with Gasteiger partial charge in [0, 0.05) is 16.7 Å². The molecule has 5 nitrogen and oxygen atoms in total. The third-order valence-corrected chi connectivity index (χ3v) is 5.76. The normalized spacial score (nSPS) is 15.6. The quantitative estimate of drug-likeness (QED) is 0.471. The molecule has 1 unspecified atom stereocenters. The number of aliphatic hydroxyl groups is 1. The molecule has 6 heteroatoms. The first-order valence-corrected chi connectivity index (χ1v) is 10.8. The lowest BCUT2D eigenvalue weighted by molar-refractivity contribution is -0.108. The van der Waals surface area contributed by atoms with Crippen molar-refractivity contribution >= 4 is 28.3 Å². The second-order valence-corrected chi connectivity index (χ2v) is 8.02. The highest BCUT2D eigenvalue weighted by molar-refractivity contribution is 7.71. The van der Waals surface area contributed by atoms with Gasteiger partial charge in [-0.1, -0.05) is 66.7 Å². The molecule has 1 atom stereocenters. The molecule has 3 aromatic carbocycles. The summed E-state index contributed by atoms with van der Waals surface area (Å²) in [5, 5.41) is 9.35. The van der Waals surface area contributed by atoms with E-state index in [1.54, 1.807) is 24.3 Å². The molecular formula is C24H20O5S. The van der Waals surface area contributed by atoms with Crippen LogP contribution in [0, 0.1) is 0 Å². The van der Waals surface area contributed by atoms with E-state index in [1.807, 2.05) is 48.5 Å². The van der Waals surface area contributed by atoms with E-state index in [9.17, 15) is 18.3 Å². The van der Waals surface area contributed by atoms with Crippen molar-refractivity contribution in [3.05, 3.63) is 101 Å². The van der Waals surface area contributed by atoms with E-state index >= 15 is 0 Å². The van der Waals surface area contributed by atoms with Gasteiger partial charge in [0.1, 0.15) is 28.5 Å². The van der Waals surface area contributed by atoms with E-state index in [1.165, 1.54) is 0 Å². The summed E-state index contributed by atoms with van der Waals surface area (Å²) < 4.78 is 28.3. The Hall–Kier alpha value is -3.22. The average Bonchev–Trinajstić information content (AvgIpc) is 2.78. The first-order chi connectivity index (χ1) is 14.6. The van der Waals surface area contributed by atoms with Crippen LogP contribution in [-0.2, 0) is 27.9 Å². The van der Waals surface area contributed by atoms with Crippen LogP contribution < -0.4 is 4.74 Å². The van der Waals surface area contributed by atoms with Crippen LogP contribution in [0.5, 0.6) is 5.75 Å². The Balaban J connectivity index is 1.88. The highest BCUT2D eigenvalue weighted by Gasteiger charge is 2.31. The summed E-state index contributed by atoms with van der Waals surface area (Å²) in [5.74, 6) is 0.638. The fraction of sp³-hybridized carbons (Fsp3) is 0.125. The maximum Gasteiger partial charge on any atom is 0.144 e. The van der Waals surface area contributed by atoms with Gasteiger partial charge < -0.3 is 14.6 Å². The number of rotatable bonds is 6. The van der Waals surface area contributed by atoms with Crippen molar-refractivity contribution in [3.8, 4) is 5.75 Å². The Labute approximate surface area is 176 Å². The molecule has 3 aromatic rings. The molecule has 1 N–H and O–H groups in total. The number of carbonyl (C=O) groups is 1. The number of ether oxygens (including phenoxy) is 1. The molecule has 1 aliphatic rings. The highest BCUT2D eigenvalue weighted by Crippen LogP contribution is 2.45. The summed E-state index contributed by atoms with van der Waals surface area (Å²) in [5.41, 5.74) is 4.56. The van der Waals surface area contributed by atoms with Gasteiger partial charge in [0.2, 0.25) is 0 Å². The van der Waals surface area contributed by atoms with Gasteiger partial charge in [-0.3, -0.25) is 0 Å². The minimum Gasteiger partial charge on any atom is -0.456 e. The largest absolute Gasteiger partial charge is 0.456 e. The van der Waals surface area contributed by atoms with Crippen LogP contribution in [0.1, 0.15) is 33.7 Å². The van der Waals surface area contributed by atoms with E-state index in [0.717, 1.165) is 34.1 Å². The van der Waals surface area contributed by atoms with Crippen LogP contribution in [0.2, 0.25) is 0 Å². The predicted octanol–water partition coefficient (Wildman–Crippen LogP) is 3.53. The smallest absolute Gasteiger partial charge is 0.144 e. The van der Waals surface area contributed by atoms with Crippen LogP contribution in [0.3, 0.4) is 0 Å². The Morgan fingerprint density at radius 3 is 2.13 bits per heavy atom. The lowest BCUT2D eigenvalue weighted by Gasteiger charge is -2.28. The van der Waals surface area contributed by atoms with Crippen LogP contribution in [0.25, 0.3) is 11.3 Å². The van der Waals surface area contributed by atoms with Crippen molar-refractivity contribution in [2.24, 2.45) is 0 Å². The molecule has 0 fully saturated rings. The first-order valence-electron chi connectivity index (χ1n) is 9.48. The van der Waals surface area contributed by atoms with Gasteiger partial charge in [0.25, 0.3) is 0 Å². The third kappa shape index (κ3) is 3.92. The standard InChI is InChI=1S/C24H20O5S/c25-13-16-5-9-18(10-6-16)23-21(14-26)20-3-1-2-4-22(20)29-24(23)19-11-7-17(8-12-19)15-30(27)28/h1-12,14,21,25,30H,13,15H2. The molecular weight excluding hydrogens is 400 g/mol. The Morgan fingerprint density at radius 2 is 1.50 bits per heavy atom. The van der Waals surface area contributed by atoms with Gasteiger partial charge in [-0.2, -0.15) is 0 Å². The van der Waals surface area contributed by atoms with Crippen LogP contribution in [-0.4, -0.2) is 19.8 Å². The summed E-state index contributed by atoms with van der Waals surface area (Å²) in [6.07, 6.45) is 0.910. The zero-order chi connectivity index (χ0) is 21.1. The summed E-state index contributed by atoms with van der Waals surface area (Å²) in [6, 6.07) is 21.9. The van der Waals surface area contributed by atoms with Crippen LogP contribution >= 0.6 is 0 Å². The molecule has 1 aliphatic heterocycles. The summed E-state index contributed by atoms with van der Waals surface area (Å²) in [4.78, 5) is 12.2. The van der Waals surface area contributed by atoms with Crippen molar-refractivity contribution in [2.45, 2.75) is 18.3 Å². The van der Waals surface area contributed by atoms with E-state index in [4.69, 9.17) is 4.74 Å². The van der Waals surface area contributed by atoms with Crippen molar-refractivity contribution in [3.63, 3.8) is 0 Å². The SMILES string of the molecule is O=CC1C(c2ccc(CO)cc2)=C(c2ccc(C[SH](=O)=O)cc2)Oc2ccccc21.